The Morgan fingerprint density at radius 2 is 2.04 bits per heavy atom. The van der Waals surface area contributed by atoms with E-state index >= 15 is 0 Å². The third-order valence-corrected chi connectivity index (χ3v) is 5.83. The lowest BCUT2D eigenvalue weighted by atomic mass is 9.93. The number of hydrogen-bond acceptors (Lipinski definition) is 4. The van der Waals surface area contributed by atoms with Crippen LogP contribution in [0.25, 0.3) is 0 Å². The number of nitrogens with zero attached hydrogens (tertiary/aromatic N) is 4. The van der Waals surface area contributed by atoms with Gasteiger partial charge in [0.25, 0.3) is 0 Å². The van der Waals surface area contributed by atoms with Crippen molar-refractivity contribution in [3.63, 3.8) is 0 Å². The Balaban J connectivity index is 1.59. The average molecular weight is 337 g/mol. The number of rotatable bonds is 5. The quantitative estimate of drug-likeness (QED) is 0.775. The summed E-state index contributed by atoms with van der Waals surface area (Å²) in [6.45, 7) is 6.33. The van der Waals surface area contributed by atoms with Gasteiger partial charge >= 0.3 is 0 Å². The Morgan fingerprint density at radius 3 is 2.70 bits per heavy atom. The molecule has 2 heterocycles. The van der Waals surface area contributed by atoms with Crippen molar-refractivity contribution >= 4 is 17.7 Å². The molecule has 128 valence electrons. The molecule has 1 aliphatic carbocycles. The second kappa shape index (κ2) is 7.71. The van der Waals surface area contributed by atoms with E-state index in [1.54, 1.807) is 11.8 Å². The molecule has 1 aromatic rings. The highest BCUT2D eigenvalue weighted by molar-refractivity contribution is 7.98. The maximum Gasteiger partial charge on any atom is 0.237 e. The minimum atomic E-state index is 0.316. The molecule has 1 aliphatic heterocycles. The Hall–Kier alpha value is -1.01. The van der Waals surface area contributed by atoms with Gasteiger partial charge in [0.2, 0.25) is 5.91 Å². The van der Waals surface area contributed by atoms with Gasteiger partial charge in [-0.15, -0.1) is 0 Å². The monoisotopic (exact) mass is 336 g/mol. The van der Waals surface area contributed by atoms with E-state index in [1.807, 2.05) is 6.20 Å². The van der Waals surface area contributed by atoms with Crippen LogP contribution in [0.1, 0.15) is 44.7 Å². The predicted octanol–water partition coefficient (Wildman–Crippen LogP) is 2.60. The van der Waals surface area contributed by atoms with Crippen LogP contribution in [-0.2, 0) is 17.9 Å². The van der Waals surface area contributed by atoms with E-state index in [-0.39, 0.29) is 0 Å². The van der Waals surface area contributed by atoms with Crippen molar-refractivity contribution in [2.75, 3.05) is 25.9 Å². The lowest BCUT2D eigenvalue weighted by molar-refractivity contribution is -0.139. The number of imidazole rings is 1. The zero-order valence-corrected chi connectivity index (χ0v) is 15.1. The first kappa shape index (κ1) is 16.8. The second-order valence-electron chi connectivity index (χ2n) is 6.57. The molecule has 6 heteroatoms. The Bertz CT molecular complexity index is 539. The molecule has 0 bridgehead atoms. The van der Waals surface area contributed by atoms with E-state index in [0.29, 0.717) is 18.5 Å². The van der Waals surface area contributed by atoms with E-state index in [0.717, 1.165) is 31.3 Å². The summed E-state index contributed by atoms with van der Waals surface area (Å²) in [5, 5.41) is 1.06. The summed E-state index contributed by atoms with van der Waals surface area (Å²) in [6, 6.07) is 0.502. The van der Waals surface area contributed by atoms with Crippen LogP contribution in [0.2, 0.25) is 0 Å². The highest BCUT2D eigenvalue weighted by Gasteiger charge is 2.30. The molecule has 0 radical (unpaired) electrons. The summed E-state index contributed by atoms with van der Waals surface area (Å²) in [7, 11) is 0. The van der Waals surface area contributed by atoms with Gasteiger partial charge < -0.3 is 9.47 Å². The molecule has 3 rings (SSSR count). The molecule has 0 unspecified atom stereocenters. The first-order valence-electron chi connectivity index (χ1n) is 8.83. The number of amides is 1. The molecule has 0 atom stereocenters. The topological polar surface area (TPSA) is 41.4 Å². The molecule has 0 N–H and O–H groups in total. The van der Waals surface area contributed by atoms with Crippen molar-refractivity contribution in [3.8, 4) is 0 Å². The number of thioether (sulfide) groups is 1. The first-order chi connectivity index (χ1) is 11.2. The molecule has 1 saturated heterocycles. The third-order valence-electron chi connectivity index (χ3n) is 5.14. The van der Waals surface area contributed by atoms with Gasteiger partial charge in [0, 0.05) is 32.2 Å². The SMILES string of the molecule is CCn1c(CN2CCN(C3CCCCC3)C(=O)C2)cnc1SC. The van der Waals surface area contributed by atoms with E-state index in [1.165, 1.54) is 37.8 Å². The zero-order valence-electron chi connectivity index (χ0n) is 14.3. The predicted molar refractivity (Wildman–Crippen MR) is 93.5 cm³/mol. The van der Waals surface area contributed by atoms with Gasteiger partial charge in [-0.25, -0.2) is 4.98 Å². The van der Waals surface area contributed by atoms with Gasteiger partial charge in [-0.3, -0.25) is 9.69 Å². The standard InChI is InChI=1S/C17H28N4OS/c1-3-20-15(11-18-17(20)23-2)12-19-9-10-21(16(22)13-19)14-7-5-4-6-8-14/h11,14H,3-10,12-13H2,1-2H3. The lowest BCUT2D eigenvalue weighted by Crippen LogP contribution is -2.54. The van der Waals surface area contributed by atoms with Crippen molar-refractivity contribution in [2.24, 2.45) is 0 Å². The minimum Gasteiger partial charge on any atom is -0.337 e. The van der Waals surface area contributed by atoms with E-state index in [2.05, 4.69) is 32.5 Å². The highest BCUT2D eigenvalue weighted by Crippen LogP contribution is 2.24. The first-order valence-corrected chi connectivity index (χ1v) is 10.1. The Kier molecular flexibility index (Phi) is 5.64. The fourth-order valence-electron chi connectivity index (χ4n) is 3.90. The zero-order chi connectivity index (χ0) is 16.2. The van der Waals surface area contributed by atoms with Gasteiger partial charge in [-0.2, -0.15) is 0 Å². The Morgan fingerprint density at radius 1 is 1.26 bits per heavy atom. The van der Waals surface area contributed by atoms with Crippen molar-refractivity contribution < 1.29 is 4.79 Å². The molecule has 2 fully saturated rings. The van der Waals surface area contributed by atoms with E-state index in [9.17, 15) is 4.79 Å². The van der Waals surface area contributed by atoms with Gasteiger partial charge in [0.15, 0.2) is 5.16 Å². The van der Waals surface area contributed by atoms with Crippen LogP contribution in [0.5, 0.6) is 0 Å². The van der Waals surface area contributed by atoms with Crippen LogP contribution in [0.3, 0.4) is 0 Å². The fraction of sp³-hybridized carbons (Fsp3) is 0.765. The van der Waals surface area contributed by atoms with Crippen LogP contribution in [-0.4, -0.2) is 57.2 Å². The summed E-state index contributed by atoms with van der Waals surface area (Å²) < 4.78 is 2.25. The maximum absolute atomic E-state index is 12.6. The van der Waals surface area contributed by atoms with Gasteiger partial charge in [-0.05, 0) is 26.0 Å². The second-order valence-corrected chi connectivity index (χ2v) is 7.34. The fourth-order valence-corrected chi connectivity index (χ4v) is 4.52. The number of carbonyl (C=O) groups excluding carboxylic acids is 1. The summed E-state index contributed by atoms with van der Waals surface area (Å²) >= 11 is 1.68. The van der Waals surface area contributed by atoms with Crippen LogP contribution in [0.4, 0.5) is 0 Å². The van der Waals surface area contributed by atoms with Crippen LogP contribution >= 0.6 is 11.8 Å². The molecular formula is C17H28N4OS. The smallest absolute Gasteiger partial charge is 0.237 e. The Labute approximate surface area is 143 Å². The summed E-state index contributed by atoms with van der Waals surface area (Å²) in [6.07, 6.45) is 10.3. The molecule has 1 amide bonds. The molecular weight excluding hydrogens is 308 g/mol. The number of piperazine rings is 1. The molecule has 2 aliphatic rings. The highest BCUT2D eigenvalue weighted by atomic mass is 32.2. The van der Waals surface area contributed by atoms with Gasteiger partial charge in [0.05, 0.1) is 18.4 Å². The van der Waals surface area contributed by atoms with Crippen molar-refractivity contribution in [3.05, 3.63) is 11.9 Å². The molecule has 5 nitrogen and oxygen atoms in total. The largest absolute Gasteiger partial charge is 0.337 e. The summed E-state index contributed by atoms with van der Waals surface area (Å²) in [4.78, 5) is 21.5. The van der Waals surface area contributed by atoms with E-state index < -0.39 is 0 Å². The number of hydrogen-bond donors (Lipinski definition) is 0. The maximum atomic E-state index is 12.6. The van der Waals surface area contributed by atoms with Gasteiger partial charge in [-0.1, -0.05) is 31.0 Å². The van der Waals surface area contributed by atoms with Crippen molar-refractivity contribution in [1.82, 2.24) is 19.4 Å². The van der Waals surface area contributed by atoms with Gasteiger partial charge in [0.1, 0.15) is 0 Å². The lowest BCUT2D eigenvalue weighted by Gasteiger charge is -2.40. The normalized spacial score (nSPS) is 21.1. The summed E-state index contributed by atoms with van der Waals surface area (Å²) in [5.41, 5.74) is 1.22. The van der Waals surface area contributed by atoms with Crippen LogP contribution < -0.4 is 0 Å². The van der Waals surface area contributed by atoms with Crippen LogP contribution in [0, 0.1) is 0 Å². The molecule has 1 aromatic heterocycles. The molecule has 23 heavy (non-hydrogen) atoms. The molecule has 1 saturated carbocycles. The average Bonchev–Trinajstić information content (AvgIpc) is 2.97. The number of carbonyl (C=O) groups is 1. The van der Waals surface area contributed by atoms with Crippen LogP contribution in [0.15, 0.2) is 11.4 Å². The third kappa shape index (κ3) is 3.74. The minimum absolute atomic E-state index is 0.316. The molecule has 0 aromatic carbocycles. The van der Waals surface area contributed by atoms with Crippen molar-refractivity contribution in [2.45, 2.75) is 63.3 Å². The van der Waals surface area contributed by atoms with Crippen molar-refractivity contribution in [1.29, 1.82) is 0 Å². The summed E-state index contributed by atoms with van der Waals surface area (Å²) in [5.74, 6) is 0.316. The van der Waals surface area contributed by atoms with E-state index in [4.69, 9.17) is 0 Å². The number of aromatic nitrogens is 2. The molecule has 0 spiro atoms.